The lowest BCUT2D eigenvalue weighted by atomic mass is 10.2. The third-order valence-electron chi connectivity index (χ3n) is 3.84. The molecule has 1 N–H and O–H groups in total. The molecule has 6 nitrogen and oxygen atoms in total. The van der Waals surface area contributed by atoms with Crippen LogP contribution in [0.1, 0.15) is 18.1 Å². The molecular formula is C21H22ClNO5. The Kier molecular flexibility index (Phi) is 7.89. The summed E-state index contributed by atoms with van der Waals surface area (Å²) in [4.78, 5) is 24.1. The molecule has 1 atom stereocenters. The highest BCUT2D eigenvalue weighted by molar-refractivity contribution is 6.32. The molecule has 0 radical (unpaired) electrons. The molecule has 28 heavy (non-hydrogen) atoms. The van der Waals surface area contributed by atoms with Crippen molar-refractivity contribution in [1.29, 1.82) is 0 Å². The second-order valence-corrected chi connectivity index (χ2v) is 6.26. The zero-order chi connectivity index (χ0) is 20.5. The maximum absolute atomic E-state index is 12.1. The Balaban J connectivity index is 1.92. The topological polar surface area (TPSA) is 73.9 Å². The van der Waals surface area contributed by atoms with Crippen LogP contribution in [0.4, 0.5) is 0 Å². The van der Waals surface area contributed by atoms with Crippen molar-refractivity contribution in [1.82, 2.24) is 5.32 Å². The summed E-state index contributed by atoms with van der Waals surface area (Å²) in [7, 11) is 2.98. The van der Waals surface area contributed by atoms with E-state index in [9.17, 15) is 9.59 Å². The van der Waals surface area contributed by atoms with Gasteiger partial charge in [-0.3, -0.25) is 4.79 Å². The minimum absolute atomic E-state index is 0.350. The fraction of sp³-hybridized carbons (Fsp3) is 0.238. The summed E-state index contributed by atoms with van der Waals surface area (Å²) >= 11 is 6.13. The molecule has 0 bridgehead atoms. The van der Waals surface area contributed by atoms with Gasteiger partial charge in [0.05, 0.1) is 19.2 Å². The maximum atomic E-state index is 12.1. The van der Waals surface area contributed by atoms with Crippen LogP contribution in [0, 0.1) is 0 Å². The van der Waals surface area contributed by atoms with E-state index in [0.29, 0.717) is 28.6 Å². The number of ether oxygens (including phenoxy) is 3. The third-order valence-corrected chi connectivity index (χ3v) is 4.12. The number of hydrogen-bond donors (Lipinski definition) is 1. The van der Waals surface area contributed by atoms with Crippen LogP contribution in [0.25, 0.3) is 6.08 Å². The van der Waals surface area contributed by atoms with Gasteiger partial charge in [0.25, 0.3) is 5.91 Å². The first-order valence-corrected chi connectivity index (χ1v) is 8.94. The zero-order valence-corrected chi connectivity index (χ0v) is 16.7. The maximum Gasteiger partial charge on any atom is 0.331 e. The van der Waals surface area contributed by atoms with Crippen LogP contribution < -0.4 is 14.8 Å². The van der Waals surface area contributed by atoms with Crippen LogP contribution in [0.2, 0.25) is 5.02 Å². The normalized spacial score (nSPS) is 11.7. The van der Waals surface area contributed by atoms with Gasteiger partial charge >= 0.3 is 5.97 Å². The molecular weight excluding hydrogens is 382 g/mol. The number of halogens is 1. The number of carbonyl (C=O) groups is 2. The van der Waals surface area contributed by atoms with Gasteiger partial charge < -0.3 is 19.5 Å². The number of carbonyl (C=O) groups excluding carboxylic acids is 2. The number of rotatable bonds is 8. The number of benzene rings is 2. The number of nitrogens with one attached hydrogen (secondary N) is 1. The average molecular weight is 404 g/mol. The van der Waals surface area contributed by atoms with Crippen molar-refractivity contribution in [3.8, 4) is 11.5 Å². The standard InChI is InChI=1S/C21H22ClNO5/c1-14(21(25)23-13-15-7-5-4-6-8-15)28-19(24)10-9-16-11-17(22)20(27-3)18(12-16)26-2/h4-12,14H,13H2,1-3H3,(H,23,25)/b10-9+/t14-/m0/s1. The van der Waals surface area contributed by atoms with Crippen molar-refractivity contribution < 1.29 is 23.8 Å². The van der Waals surface area contributed by atoms with E-state index in [-0.39, 0.29) is 5.91 Å². The largest absolute Gasteiger partial charge is 0.493 e. The monoisotopic (exact) mass is 403 g/mol. The first-order valence-electron chi connectivity index (χ1n) is 8.56. The minimum atomic E-state index is -0.921. The summed E-state index contributed by atoms with van der Waals surface area (Å²) in [6.45, 7) is 1.88. The van der Waals surface area contributed by atoms with Crippen molar-refractivity contribution in [2.45, 2.75) is 19.6 Å². The molecule has 0 unspecified atom stereocenters. The molecule has 0 spiro atoms. The van der Waals surface area contributed by atoms with E-state index in [0.717, 1.165) is 5.56 Å². The highest BCUT2D eigenvalue weighted by atomic mass is 35.5. The van der Waals surface area contributed by atoms with Gasteiger partial charge in [0.2, 0.25) is 0 Å². The summed E-state index contributed by atoms with van der Waals surface area (Å²) in [6.07, 6.45) is 1.82. The Morgan fingerprint density at radius 2 is 1.86 bits per heavy atom. The lowest BCUT2D eigenvalue weighted by Crippen LogP contribution is -2.35. The van der Waals surface area contributed by atoms with Crippen LogP contribution in [0.15, 0.2) is 48.5 Å². The first-order chi connectivity index (χ1) is 13.4. The van der Waals surface area contributed by atoms with Gasteiger partial charge in [-0.1, -0.05) is 41.9 Å². The quantitative estimate of drug-likeness (QED) is 0.538. The summed E-state index contributed by atoms with van der Waals surface area (Å²) in [5.41, 5.74) is 1.58. The Hall–Kier alpha value is -2.99. The molecule has 2 aromatic rings. The molecule has 1 amide bonds. The van der Waals surface area contributed by atoms with E-state index in [1.165, 1.54) is 33.3 Å². The van der Waals surface area contributed by atoms with Crippen LogP contribution in [0.3, 0.4) is 0 Å². The van der Waals surface area contributed by atoms with Gasteiger partial charge in [0, 0.05) is 12.6 Å². The number of amides is 1. The fourth-order valence-corrected chi connectivity index (χ4v) is 2.69. The Morgan fingerprint density at radius 1 is 1.14 bits per heavy atom. The van der Waals surface area contributed by atoms with Crippen LogP contribution in [0.5, 0.6) is 11.5 Å². The SMILES string of the molecule is COc1cc(/C=C/C(=O)O[C@@H](C)C(=O)NCc2ccccc2)cc(Cl)c1OC. The second kappa shape index (κ2) is 10.4. The summed E-state index contributed by atoms with van der Waals surface area (Å²) in [5.74, 6) is -0.169. The van der Waals surface area contributed by atoms with Gasteiger partial charge in [-0.25, -0.2) is 4.79 Å². The van der Waals surface area contributed by atoms with Crippen LogP contribution >= 0.6 is 11.6 Å². The molecule has 0 fully saturated rings. The Labute approximate surface area is 169 Å². The molecule has 2 aromatic carbocycles. The predicted molar refractivity (Wildman–Crippen MR) is 107 cm³/mol. The first kappa shape index (κ1) is 21.3. The van der Waals surface area contributed by atoms with Gasteiger partial charge in [-0.2, -0.15) is 0 Å². The van der Waals surface area contributed by atoms with E-state index in [2.05, 4.69) is 5.32 Å². The van der Waals surface area contributed by atoms with E-state index in [1.54, 1.807) is 12.1 Å². The molecule has 0 aromatic heterocycles. The van der Waals surface area contributed by atoms with Gasteiger partial charge in [0.15, 0.2) is 17.6 Å². The summed E-state index contributed by atoms with van der Waals surface area (Å²) in [5, 5.41) is 3.08. The molecule has 0 aliphatic heterocycles. The zero-order valence-electron chi connectivity index (χ0n) is 15.9. The van der Waals surface area contributed by atoms with Crippen molar-refractivity contribution >= 4 is 29.6 Å². The van der Waals surface area contributed by atoms with Crippen LogP contribution in [-0.2, 0) is 20.9 Å². The Morgan fingerprint density at radius 3 is 2.50 bits per heavy atom. The molecule has 0 aliphatic carbocycles. The molecule has 0 saturated carbocycles. The second-order valence-electron chi connectivity index (χ2n) is 5.85. The lowest BCUT2D eigenvalue weighted by Gasteiger charge is -2.12. The predicted octanol–water partition coefficient (Wildman–Crippen LogP) is 3.62. The van der Waals surface area contributed by atoms with Gasteiger partial charge in [-0.05, 0) is 36.3 Å². The minimum Gasteiger partial charge on any atom is -0.493 e. The van der Waals surface area contributed by atoms with Crippen molar-refractivity contribution in [2.75, 3.05) is 14.2 Å². The summed E-state index contributed by atoms with van der Waals surface area (Å²) in [6, 6.07) is 12.8. The van der Waals surface area contributed by atoms with Crippen LogP contribution in [-0.4, -0.2) is 32.2 Å². The van der Waals surface area contributed by atoms with E-state index in [1.807, 2.05) is 30.3 Å². The summed E-state index contributed by atoms with van der Waals surface area (Å²) < 4.78 is 15.5. The molecule has 148 valence electrons. The van der Waals surface area contributed by atoms with Crippen molar-refractivity contribution in [2.24, 2.45) is 0 Å². The third kappa shape index (κ3) is 6.03. The molecule has 0 aliphatic rings. The molecule has 0 saturated heterocycles. The fourth-order valence-electron chi connectivity index (χ4n) is 2.39. The smallest absolute Gasteiger partial charge is 0.331 e. The van der Waals surface area contributed by atoms with Gasteiger partial charge in [0.1, 0.15) is 0 Å². The highest BCUT2D eigenvalue weighted by Gasteiger charge is 2.16. The molecule has 7 heteroatoms. The Bertz CT molecular complexity index is 851. The number of methoxy groups -OCH3 is 2. The van der Waals surface area contributed by atoms with Crippen molar-refractivity contribution in [3.63, 3.8) is 0 Å². The van der Waals surface area contributed by atoms with Crippen molar-refractivity contribution in [3.05, 3.63) is 64.7 Å². The number of esters is 1. The van der Waals surface area contributed by atoms with E-state index < -0.39 is 12.1 Å². The lowest BCUT2D eigenvalue weighted by molar-refractivity contribution is -0.150. The van der Waals surface area contributed by atoms with Gasteiger partial charge in [-0.15, -0.1) is 0 Å². The highest BCUT2D eigenvalue weighted by Crippen LogP contribution is 2.36. The molecule has 2 rings (SSSR count). The average Bonchev–Trinajstić information content (AvgIpc) is 2.70. The number of hydrogen-bond acceptors (Lipinski definition) is 5. The van der Waals surface area contributed by atoms with E-state index >= 15 is 0 Å². The van der Waals surface area contributed by atoms with E-state index in [4.69, 9.17) is 25.8 Å². The molecule has 0 heterocycles.